The third-order valence-electron chi connectivity index (χ3n) is 5.44. The van der Waals surface area contributed by atoms with E-state index in [0.717, 1.165) is 17.2 Å². The molecule has 0 radical (unpaired) electrons. The lowest BCUT2D eigenvalue weighted by atomic mass is 9.85. The number of hydrogen-bond donors (Lipinski definition) is 0. The van der Waals surface area contributed by atoms with Crippen LogP contribution >= 0.6 is 0 Å². The maximum absolute atomic E-state index is 12.3. The van der Waals surface area contributed by atoms with Gasteiger partial charge in [-0.1, -0.05) is 6.42 Å². The molecule has 126 valence electrons. The standard InChI is InChI=1S/C19H24N4O/c24-19-7-6-18(16-8-10-20-11-9-16)21-23(19)14-17-5-2-12-22(17)13-15-3-1-4-15/h6-11,15,17H,1-5,12-14H2. The normalized spacial score (nSPS) is 21.8. The molecule has 5 nitrogen and oxygen atoms in total. The largest absolute Gasteiger partial charge is 0.298 e. The van der Waals surface area contributed by atoms with Crippen LogP contribution in [0.4, 0.5) is 0 Å². The Hall–Kier alpha value is -2.01. The highest BCUT2D eigenvalue weighted by atomic mass is 16.1. The van der Waals surface area contributed by atoms with E-state index < -0.39 is 0 Å². The molecule has 4 rings (SSSR count). The highest BCUT2D eigenvalue weighted by molar-refractivity contribution is 5.56. The van der Waals surface area contributed by atoms with Crippen LogP contribution in [0.3, 0.4) is 0 Å². The fourth-order valence-corrected chi connectivity index (χ4v) is 3.81. The molecule has 2 fully saturated rings. The van der Waals surface area contributed by atoms with Crippen molar-refractivity contribution in [3.05, 3.63) is 47.0 Å². The number of pyridine rings is 1. The molecule has 1 aliphatic heterocycles. The molecule has 1 atom stereocenters. The molecule has 1 saturated carbocycles. The van der Waals surface area contributed by atoms with Gasteiger partial charge in [-0.05, 0) is 56.3 Å². The van der Waals surface area contributed by atoms with Crippen LogP contribution in [0.1, 0.15) is 32.1 Å². The van der Waals surface area contributed by atoms with Crippen LogP contribution in [0, 0.1) is 5.92 Å². The van der Waals surface area contributed by atoms with E-state index in [1.807, 2.05) is 12.1 Å². The van der Waals surface area contributed by atoms with Crippen molar-refractivity contribution in [3.63, 3.8) is 0 Å². The van der Waals surface area contributed by atoms with Crippen molar-refractivity contribution in [2.24, 2.45) is 5.92 Å². The average Bonchev–Trinajstić information content (AvgIpc) is 3.01. The maximum Gasteiger partial charge on any atom is 0.266 e. The summed E-state index contributed by atoms with van der Waals surface area (Å²) in [6.45, 7) is 3.06. The second-order valence-electron chi connectivity index (χ2n) is 7.06. The van der Waals surface area contributed by atoms with Gasteiger partial charge in [0.15, 0.2) is 0 Å². The molecule has 0 N–H and O–H groups in total. The van der Waals surface area contributed by atoms with Gasteiger partial charge >= 0.3 is 0 Å². The molecular formula is C19H24N4O. The van der Waals surface area contributed by atoms with E-state index >= 15 is 0 Å². The molecule has 5 heteroatoms. The smallest absolute Gasteiger partial charge is 0.266 e. The van der Waals surface area contributed by atoms with E-state index in [4.69, 9.17) is 0 Å². The zero-order chi connectivity index (χ0) is 16.4. The predicted molar refractivity (Wildman–Crippen MR) is 93.7 cm³/mol. The number of hydrogen-bond acceptors (Lipinski definition) is 4. The minimum absolute atomic E-state index is 0.0108. The van der Waals surface area contributed by atoms with E-state index in [9.17, 15) is 4.79 Å². The fraction of sp³-hybridized carbons (Fsp3) is 0.526. The van der Waals surface area contributed by atoms with E-state index in [1.165, 1.54) is 45.2 Å². The molecule has 1 aliphatic carbocycles. The van der Waals surface area contributed by atoms with Crippen LogP contribution in [0.25, 0.3) is 11.3 Å². The van der Waals surface area contributed by atoms with Crippen LogP contribution < -0.4 is 5.56 Å². The maximum atomic E-state index is 12.3. The zero-order valence-corrected chi connectivity index (χ0v) is 14.0. The van der Waals surface area contributed by atoms with Gasteiger partial charge in [0.25, 0.3) is 5.56 Å². The number of aromatic nitrogens is 3. The lowest BCUT2D eigenvalue weighted by molar-refractivity contribution is 0.153. The Labute approximate surface area is 142 Å². The quantitative estimate of drug-likeness (QED) is 0.848. The third kappa shape index (κ3) is 3.26. The summed E-state index contributed by atoms with van der Waals surface area (Å²) in [5.74, 6) is 0.874. The lowest BCUT2D eigenvalue weighted by Crippen LogP contribution is -2.40. The average molecular weight is 324 g/mol. The summed E-state index contributed by atoms with van der Waals surface area (Å²) in [7, 11) is 0. The molecule has 0 spiro atoms. The molecule has 1 unspecified atom stereocenters. The first-order chi connectivity index (χ1) is 11.8. The van der Waals surface area contributed by atoms with E-state index in [1.54, 1.807) is 29.2 Å². The minimum atomic E-state index is -0.0108. The van der Waals surface area contributed by atoms with Crippen LogP contribution in [-0.4, -0.2) is 38.8 Å². The number of rotatable bonds is 5. The van der Waals surface area contributed by atoms with Crippen molar-refractivity contribution in [2.75, 3.05) is 13.1 Å². The zero-order valence-electron chi connectivity index (χ0n) is 14.0. The molecule has 2 aromatic rings. The van der Waals surface area contributed by atoms with Gasteiger partial charge in [0.2, 0.25) is 0 Å². The minimum Gasteiger partial charge on any atom is -0.298 e. The van der Waals surface area contributed by atoms with Crippen molar-refractivity contribution < 1.29 is 0 Å². The molecule has 2 aromatic heterocycles. The summed E-state index contributed by atoms with van der Waals surface area (Å²) in [6.07, 6.45) is 10.0. The van der Waals surface area contributed by atoms with Crippen molar-refractivity contribution in [1.29, 1.82) is 0 Å². The van der Waals surface area contributed by atoms with Crippen molar-refractivity contribution in [2.45, 2.75) is 44.7 Å². The first kappa shape index (κ1) is 15.5. The second kappa shape index (κ2) is 6.85. The van der Waals surface area contributed by atoms with Crippen molar-refractivity contribution in [3.8, 4) is 11.3 Å². The van der Waals surface area contributed by atoms with Gasteiger partial charge in [0.05, 0.1) is 12.2 Å². The summed E-state index contributed by atoms with van der Waals surface area (Å²) >= 11 is 0. The Balaban J connectivity index is 1.52. The SMILES string of the molecule is O=c1ccc(-c2ccncc2)nn1CC1CCCN1CC1CCC1. The van der Waals surface area contributed by atoms with Gasteiger partial charge in [-0.3, -0.25) is 14.7 Å². The second-order valence-corrected chi connectivity index (χ2v) is 7.06. The molecule has 0 aromatic carbocycles. The summed E-state index contributed by atoms with van der Waals surface area (Å²) in [6, 6.07) is 7.73. The highest BCUT2D eigenvalue weighted by Gasteiger charge is 2.29. The Morgan fingerprint density at radius 3 is 2.58 bits per heavy atom. The molecule has 3 heterocycles. The van der Waals surface area contributed by atoms with Crippen molar-refractivity contribution >= 4 is 0 Å². The van der Waals surface area contributed by atoms with E-state index in [0.29, 0.717) is 12.6 Å². The summed E-state index contributed by atoms with van der Waals surface area (Å²) in [4.78, 5) is 18.9. The number of nitrogens with zero attached hydrogens (tertiary/aromatic N) is 4. The molecule has 0 bridgehead atoms. The molecule has 1 saturated heterocycles. The van der Waals surface area contributed by atoms with Crippen LogP contribution in [-0.2, 0) is 6.54 Å². The van der Waals surface area contributed by atoms with Crippen LogP contribution in [0.15, 0.2) is 41.5 Å². The first-order valence-corrected chi connectivity index (χ1v) is 9.02. The molecular weight excluding hydrogens is 300 g/mol. The number of likely N-dealkylation sites (tertiary alicyclic amines) is 1. The Bertz CT molecular complexity index is 739. The van der Waals surface area contributed by atoms with Gasteiger partial charge in [-0.25, -0.2) is 4.68 Å². The topological polar surface area (TPSA) is 51.0 Å². The summed E-state index contributed by atoms with van der Waals surface area (Å²) < 4.78 is 1.65. The van der Waals surface area contributed by atoms with Crippen LogP contribution in [0.5, 0.6) is 0 Å². The van der Waals surface area contributed by atoms with Gasteiger partial charge < -0.3 is 0 Å². The van der Waals surface area contributed by atoms with E-state index in [-0.39, 0.29) is 5.56 Å². The first-order valence-electron chi connectivity index (χ1n) is 9.02. The Kier molecular flexibility index (Phi) is 4.43. The van der Waals surface area contributed by atoms with Gasteiger partial charge in [0, 0.05) is 36.6 Å². The summed E-state index contributed by atoms with van der Waals surface area (Å²) in [5.41, 5.74) is 1.82. The fourth-order valence-electron chi connectivity index (χ4n) is 3.81. The lowest BCUT2D eigenvalue weighted by Gasteiger charge is -2.33. The monoisotopic (exact) mass is 324 g/mol. The van der Waals surface area contributed by atoms with Gasteiger partial charge in [0.1, 0.15) is 0 Å². The summed E-state index contributed by atoms with van der Waals surface area (Å²) in [5, 5.41) is 4.60. The predicted octanol–water partition coefficient (Wildman–Crippen LogP) is 2.57. The van der Waals surface area contributed by atoms with Gasteiger partial charge in [-0.15, -0.1) is 0 Å². The Morgan fingerprint density at radius 2 is 1.83 bits per heavy atom. The Morgan fingerprint density at radius 1 is 1.00 bits per heavy atom. The molecule has 24 heavy (non-hydrogen) atoms. The third-order valence-corrected chi connectivity index (χ3v) is 5.44. The molecule has 0 amide bonds. The molecule has 2 aliphatic rings. The van der Waals surface area contributed by atoms with Crippen molar-refractivity contribution in [1.82, 2.24) is 19.7 Å². The highest BCUT2D eigenvalue weighted by Crippen LogP contribution is 2.30. The van der Waals surface area contributed by atoms with Crippen LogP contribution in [0.2, 0.25) is 0 Å². The van der Waals surface area contributed by atoms with Gasteiger partial charge in [-0.2, -0.15) is 5.10 Å². The van der Waals surface area contributed by atoms with E-state index in [2.05, 4.69) is 15.0 Å².